The van der Waals surface area contributed by atoms with Crippen LogP contribution in [0.2, 0.25) is 10.0 Å². The van der Waals surface area contributed by atoms with Crippen LogP contribution in [0.15, 0.2) is 48.5 Å². The van der Waals surface area contributed by atoms with E-state index in [0.717, 1.165) is 28.8 Å². The fourth-order valence-electron chi connectivity index (χ4n) is 3.75. The molecule has 0 spiro atoms. The van der Waals surface area contributed by atoms with Crippen molar-refractivity contribution in [3.63, 3.8) is 0 Å². The van der Waals surface area contributed by atoms with Crippen LogP contribution in [0.3, 0.4) is 0 Å². The van der Waals surface area contributed by atoms with Gasteiger partial charge < -0.3 is 5.32 Å². The van der Waals surface area contributed by atoms with Crippen LogP contribution < -0.4 is 5.32 Å². The van der Waals surface area contributed by atoms with Crippen LogP contribution in [0.1, 0.15) is 36.4 Å². The average molecular weight is 380 g/mol. The molecule has 0 aliphatic carbocycles. The molecule has 0 saturated carbocycles. The zero-order valence-electron chi connectivity index (χ0n) is 14.1. The molecule has 24 heavy (non-hydrogen) atoms. The van der Waals surface area contributed by atoms with Gasteiger partial charge in [0.05, 0.1) is 0 Å². The quantitative estimate of drug-likeness (QED) is 0.680. The van der Waals surface area contributed by atoms with E-state index in [1.54, 1.807) is 0 Å². The topological polar surface area (TPSA) is 12.0 Å². The third-order valence-electron chi connectivity index (χ3n) is 4.86. The van der Waals surface area contributed by atoms with E-state index in [-0.39, 0.29) is 11.5 Å². The monoisotopic (exact) mass is 379 g/mol. The number of nitrogens with one attached hydrogen (secondary N) is 1. The van der Waals surface area contributed by atoms with Crippen molar-refractivity contribution in [3.8, 4) is 0 Å². The van der Waals surface area contributed by atoms with Gasteiger partial charge in [-0.05, 0) is 59.2 Å². The Bertz CT molecular complexity index is 688. The summed E-state index contributed by atoms with van der Waals surface area (Å²) in [5.41, 5.74) is 2.88. The molecule has 1 heterocycles. The molecule has 1 aliphatic heterocycles. The van der Waals surface area contributed by atoms with Crippen LogP contribution in [0.25, 0.3) is 0 Å². The smallest absolute Gasteiger partial charge is 0.0408 e. The molecule has 1 aliphatic rings. The minimum absolute atomic E-state index is 0.287. The van der Waals surface area contributed by atoms with Gasteiger partial charge in [-0.3, -0.25) is 0 Å². The van der Waals surface area contributed by atoms with Crippen LogP contribution in [-0.4, -0.2) is 18.6 Å². The van der Waals surface area contributed by atoms with Gasteiger partial charge in [0.1, 0.15) is 0 Å². The Kier molecular flexibility index (Phi) is 5.82. The van der Waals surface area contributed by atoms with Crippen molar-refractivity contribution in [1.29, 1.82) is 0 Å². The average Bonchev–Trinajstić information content (AvgIpc) is 2.56. The summed E-state index contributed by atoms with van der Waals surface area (Å²) in [7, 11) is 0. The van der Waals surface area contributed by atoms with E-state index >= 15 is 0 Å². The lowest BCUT2D eigenvalue weighted by Gasteiger charge is -2.44. The lowest BCUT2D eigenvalue weighted by Crippen LogP contribution is -2.45. The molecule has 1 fully saturated rings. The molecule has 0 radical (unpaired) electrons. The summed E-state index contributed by atoms with van der Waals surface area (Å²) in [6.45, 7) is 3.41. The highest BCUT2D eigenvalue weighted by atomic mass is 35.5. The van der Waals surface area contributed by atoms with Gasteiger partial charge in [-0.1, -0.05) is 54.4 Å². The third-order valence-corrected chi connectivity index (χ3v) is 6.34. The molecule has 3 rings (SSSR count). The largest absolute Gasteiger partial charge is 0.309 e. The molecule has 0 amide bonds. The molecule has 1 nitrogen and oxygen atoms in total. The number of hydrogen-bond acceptors (Lipinski definition) is 2. The van der Waals surface area contributed by atoms with E-state index < -0.39 is 0 Å². The Morgan fingerprint density at radius 1 is 1.08 bits per heavy atom. The zero-order chi connectivity index (χ0) is 17.2. The molecular weight excluding hydrogens is 357 g/mol. The maximum absolute atomic E-state index is 6.27. The molecule has 1 N–H and O–H groups in total. The predicted molar refractivity (Wildman–Crippen MR) is 107 cm³/mol. The minimum Gasteiger partial charge on any atom is -0.309 e. The Labute approximate surface area is 159 Å². The summed E-state index contributed by atoms with van der Waals surface area (Å²) < 4.78 is 0. The van der Waals surface area contributed by atoms with E-state index in [2.05, 4.69) is 48.8 Å². The van der Waals surface area contributed by atoms with Crippen LogP contribution >= 0.6 is 35.0 Å². The first-order valence-electron chi connectivity index (χ1n) is 8.24. The molecule has 0 unspecified atom stereocenters. The molecule has 2 aromatic rings. The Hall–Kier alpha value is -0.670. The van der Waals surface area contributed by atoms with Crippen molar-refractivity contribution in [2.45, 2.75) is 25.3 Å². The minimum atomic E-state index is 0.287. The summed E-state index contributed by atoms with van der Waals surface area (Å²) in [5.74, 6) is 1.56. The highest BCUT2D eigenvalue weighted by Gasteiger charge is 2.38. The van der Waals surface area contributed by atoms with Crippen molar-refractivity contribution >= 4 is 35.0 Å². The van der Waals surface area contributed by atoms with E-state index in [1.807, 2.05) is 30.0 Å². The Morgan fingerprint density at radius 2 is 1.83 bits per heavy atom. The summed E-state index contributed by atoms with van der Waals surface area (Å²) in [4.78, 5) is 0. The van der Waals surface area contributed by atoms with Gasteiger partial charge in [0, 0.05) is 28.5 Å². The summed E-state index contributed by atoms with van der Waals surface area (Å²) in [6.07, 6.45) is 3.33. The normalized spacial score (nSPS) is 27.2. The second-order valence-electron chi connectivity index (χ2n) is 7.02. The lowest BCUT2D eigenvalue weighted by atomic mass is 9.71. The van der Waals surface area contributed by atoms with Gasteiger partial charge in [0.15, 0.2) is 0 Å². The fraction of sp³-hybridized carbons (Fsp3) is 0.400. The van der Waals surface area contributed by atoms with Gasteiger partial charge in [0.25, 0.3) is 0 Å². The number of piperidine rings is 1. The van der Waals surface area contributed by atoms with Gasteiger partial charge in [-0.25, -0.2) is 0 Å². The lowest BCUT2D eigenvalue weighted by molar-refractivity contribution is 0.200. The first-order chi connectivity index (χ1) is 11.5. The zero-order valence-corrected chi connectivity index (χ0v) is 16.4. The fourth-order valence-corrected chi connectivity index (χ4v) is 4.99. The summed E-state index contributed by atoms with van der Waals surface area (Å²) in [6, 6.07) is 16.8. The summed E-state index contributed by atoms with van der Waals surface area (Å²) >= 11 is 14.3. The first kappa shape index (κ1) is 18.1. The second-order valence-corrected chi connectivity index (χ2v) is 8.76. The van der Waals surface area contributed by atoms with Crippen LogP contribution in [0.5, 0.6) is 0 Å². The Morgan fingerprint density at radius 3 is 2.50 bits per heavy atom. The predicted octanol–water partition coefficient (Wildman–Crippen LogP) is 6.18. The number of benzene rings is 2. The van der Waals surface area contributed by atoms with Gasteiger partial charge in [-0.15, -0.1) is 0 Å². The molecule has 2 aromatic carbocycles. The molecular formula is C20H23Cl2NS. The van der Waals surface area contributed by atoms with Crippen molar-refractivity contribution in [3.05, 3.63) is 69.7 Å². The van der Waals surface area contributed by atoms with Gasteiger partial charge in [0.2, 0.25) is 0 Å². The van der Waals surface area contributed by atoms with E-state index in [9.17, 15) is 0 Å². The Balaban J connectivity index is 1.96. The molecule has 0 aromatic heterocycles. The number of hydrogen-bond donors (Lipinski definition) is 1. The second kappa shape index (κ2) is 7.70. The van der Waals surface area contributed by atoms with E-state index in [1.165, 1.54) is 11.1 Å². The molecule has 1 saturated heterocycles. The maximum atomic E-state index is 6.27. The molecule has 3 atom stereocenters. The molecule has 0 bridgehead atoms. The van der Waals surface area contributed by atoms with Crippen LogP contribution in [0, 0.1) is 5.41 Å². The summed E-state index contributed by atoms with van der Waals surface area (Å²) in [5, 5.41) is 5.38. The molecule has 128 valence electrons. The van der Waals surface area contributed by atoms with Gasteiger partial charge >= 0.3 is 0 Å². The van der Waals surface area contributed by atoms with E-state index in [0.29, 0.717) is 5.92 Å². The van der Waals surface area contributed by atoms with Crippen LogP contribution in [-0.2, 0) is 0 Å². The first-order valence-corrected chi connectivity index (χ1v) is 10.4. The number of halogens is 2. The van der Waals surface area contributed by atoms with E-state index in [4.69, 9.17) is 23.2 Å². The molecule has 4 heteroatoms. The highest BCUT2D eigenvalue weighted by molar-refractivity contribution is 7.98. The van der Waals surface area contributed by atoms with Crippen molar-refractivity contribution in [1.82, 2.24) is 5.32 Å². The standard InChI is InChI=1S/C20H23Cl2NS/c1-20(13-24-2)11-18(15-4-3-5-17(22)10-15)19(23-12-20)14-6-8-16(21)9-7-14/h3-10,18-19,23H,11-13H2,1-2H3/t18-,19-,20+/m1/s1. The SMILES string of the molecule is CSC[C@]1(C)CN[C@H](c2ccc(Cl)cc2)[C@@H](c2cccc(Cl)c2)C1. The van der Waals surface area contributed by atoms with Crippen molar-refractivity contribution in [2.24, 2.45) is 5.41 Å². The van der Waals surface area contributed by atoms with Crippen molar-refractivity contribution < 1.29 is 0 Å². The van der Waals surface area contributed by atoms with Gasteiger partial charge in [-0.2, -0.15) is 11.8 Å². The third kappa shape index (κ3) is 4.11. The number of thioether (sulfide) groups is 1. The maximum Gasteiger partial charge on any atom is 0.0408 e. The highest BCUT2D eigenvalue weighted by Crippen LogP contribution is 2.45. The van der Waals surface area contributed by atoms with Crippen molar-refractivity contribution in [2.75, 3.05) is 18.6 Å². The number of rotatable bonds is 4. The van der Waals surface area contributed by atoms with Crippen LogP contribution in [0.4, 0.5) is 0 Å².